The molecule has 0 saturated heterocycles. The van der Waals surface area contributed by atoms with Crippen LogP contribution in [0.4, 0.5) is 5.82 Å². The zero-order valence-electron chi connectivity index (χ0n) is 10.8. The van der Waals surface area contributed by atoms with Gasteiger partial charge in [0.25, 0.3) is 0 Å². The van der Waals surface area contributed by atoms with E-state index in [-0.39, 0.29) is 0 Å². The van der Waals surface area contributed by atoms with Crippen molar-refractivity contribution in [2.24, 2.45) is 7.05 Å². The summed E-state index contributed by atoms with van der Waals surface area (Å²) in [5, 5.41) is 21.7. The van der Waals surface area contributed by atoms with Gasteiger partial charge < -0.3 is 5.32 Å². The van der Waals surface area contributed by atoms with Crippen molar-refractivity contribution >= 4 is 16.6 Å². The van der Waals surface area contributed by atoms with Gasteiger partial charge in [0.2, 0.25) is 0 Å². The highest BCUT2D eigenvalue weighted by molar-refractivity contribution is 5.99. The molecule has 6 heteroatoms. The molecule has 6 nitrogen and oxygen atoms in total. The number of aromatic nitrogens is 5. The number of nitrogens with zero attached hydrogens (tertiary/aromatic N) is 5. The number of anilines is 1. The van der Waals surface area contributed by atoms with Gasteiger partial charge in [-0.15, -0.1) is 15.3 Å². The first-order valence-corrected chi connectivity index (χ1v) is 6.15. The maximum Gasteiger partial charge on any atom is 0.156 e. The minimum absolute atomic E-state index is 0.796. The average molecular weight is 254 g/mol. The Labute approximate surface area is 110 Å². The Morgan fingerprint density at radius 2 is 1.95 bits per heavy atom. The molecule has 0 aliphatic carbocycles. The molecule has 1 aromatic carbocycles. The van der Waals surface area contributed by atoms with Gasteiger partial charge in [0, 0.05) is 24.4 Å². The molecule has 1 N–H and O–H groups in total. The highest BCUT2D eigenvalue weighted by Crippen LogP contribution is 2.28. The normalized spacial score (nSPS) is 10.8. The minimum Gasteiger partial charge on any atom is -0.368 e. The molecule has 0 fully saturated rings. The molecule has 0 spiro atoms. The van der Waals surface area contributed by atoms with Crippen LogP contribution in [0.15, 0.2) is 30.5 Å². The van der Waals surface area contributed by atoms with Gasteiger partial charge >= 0.3 is 0 Å². The molecule has 0 atom stereocenters. The van der Waals surface area contributed by atoms with Gasteiger partial charge in [-0.2, -0.15) is 0 Å². The van der Waals surface area contributed by atoms with Crippen LogP contribution in [0.25, 0.3) is 22.2 Å². The van der Waals surface area contributed by atoms with E-state index in [1.807, 2.05) is 38.2 Å². The van der Waals surface area contributed by atoms with E-state index in [2.05, 4.69) is 25.8 Å². The molecule has 0 radical (unpaired) electrons. The third-order valence-corrected chi connectivity index (χ3v) is 2.99. The molecule has 3 rings (SSSR count). The molecule has 0 aliphatic heterocycles. The predicted octanol–water partition coefficient (Wildman–Crippen LogP) is 1.86. The number of benzene rings is 1. The lowest BCUT2D eigenvalue weighted by Crippen LogP contribution is -2.04. The van der Waals surface area contributed by atoms with E-state index in [0.717, 1.165) is 34.5 Å². The van der Waals surface area contributed by atoms with Crippen LogP contribution >= 0.6 is 0 Å². The highest BCUT2D eigenvalue weighted by Gasteiger charge is 2.13. The topological polar surface area (TPSA) is 68.5 Å². The van der Waals surface area contributed by atoms with Crippen molar-refractivity contribution in [2.45, 2.75) is 6.92 Å². The standard InChI is InChI=1S/C13H14N6/c1-3-14-13-10-7-5-4-6-9(10)12(16-17-13)11-8-15-18-19(11)2/h4-8H,3H2,1-2H3,(H,14,17). The molecule has 96 valence electrons. The Kier molecular flexibility index (Phi) is 2.83. The number of hydrogen-bond donors (Lipinski definition) is 1. The number of aryl methyl sites for hydroxylation is 1. The fourth-order valence-corrected chi connectivity index (χ4v) is 2.10. The Balaban J connectivity index is 2.28. The Bertz CT molecular complexity index is 718. The van der Waals surface area contributed by atoms with Crippen molar-refractivity contribution in [3.8, 4) is 11.4 Å². The van der Waals surface area contributed by atoms with E-state index in [9.17, 15) is 0 Å². The second-order valence-corrected chi connectivity index (χ2v) is 4.22. The van der Waals surface area contributed by atoms with Gasteiger partial charge in [-0.05, 0) is 6.92 Å². The molecule has 0 unspecified atom stereocenters. The molecule has 3 aromatic rings. The summed E-state index contributed by atoms with van der Waals surface area (Å²) in [4.78, 5) is 0. The molecule has 0 amide bonds. The van der Waals surface area contributed by atoms with Crippen LogP contribution in [-0.2, 0) is 7.05 Å². The van der Waals surface area contributed by atoms with Crippen LogP contribution in [0.5, 0.6) is 0 Å². The van der Waals surface area contributed by atoms with Crippen molar-refractivity contribution in [3.63, 3.8) is 0 Å². The zero-order chi connectivity index (χ0) is 13.2. The van der Waals surface area contributed by atoms with Gasteiger partial charge in [0.05, 0.1) is 6.20 Å². The Hall–Kier alpha value is -2.50. The predicted molar refractivity (Wildman–Crippen MR) is 73.7 cm³/mol. The van der Waals surface area contributed by atoms with Gasteiger partial charge in [-0.3, -0.25) is 0 Å². The summed E-state index contributed by atoms with van der Waals surface area (Å²) in [6.07, 6.45) is 1.70. The lowest BCUT2D eigenvalue weighted by molar-refractivity contribution is 0.718. The van der Waals surface area contributed by atoms with Crippen molar-refractivity contribution < 1.29 is 0 Å². The third-order valence-electron chi connectivity index (χ3n) is 2.99. The lowest BCUT2D eigenvalue weighted by atomic mass is 10.1. The third kappa shape index (κ3) is 1.91. The number of rotatable bonds is 3. The van der Waals surface area contributed by atoms with E-state index >= 15 is 0 Å². The van der Waals surface area contributed by atoms with E-state index in [1.165, 1.54) is 0 Å². The fourth-order valence-electron chi connectivity index (χ4n) is 2.10. The summed E-state index contributed by atoms with van der Waals surface area (Å²) >= 11 is 0. The van der Waals surface area contributed by atoms with Crippen LogP contribution in [0, 0.1) is 0 Å². The van der Waals surface area contributed by atoms with Gasteiger partial charge in [-0.1, -0.05) is 29.5 Å². The number of fused-ring (bicyclic) bond motifs is 1. The van der Waals surface area contributed by atoms with Crippen LogP contribution in [0.1, 0.15) is 6.92 Å². The quantitative estimate of drug-likeness (QED) is 0.772. The van der Waals surface area contributed by atoms with Crippen LogP contribution in [0.2, 0.25) is 0 Å². The zero-order valence-corrected chi connectivity index (χ0v) is 10.8. The summed E-state index contributed by atoms with van der Waals surface area (Å²) in [5.41, 5.74) is 1.65. The second-order valence-electron chi connectivity index (χ2n) is 4.22. The molecule has 2 heterocycles. The molecule has 0 bridgehead atoms. The fraction of sp³-hybridized carbons (Fsp3) is 0.231. The maximum absolute atomic E-state index is 4.32. The first-order valence-electron chi connectivity index (χ1n) is 6.15. The maximum atomic E-state index is 4.32. The van der Waals surface area contributed by atoms with Gasteiger partial charge in [0.1, 0.15) is 11.4 Å². The smallest absolute Gasteiger partial charge is 0.156 e. The molecule has 0 saturated carbocycles. The summed E-state index contributed by atoms with van der Waals surface area (Å²) in [6, 6.07) is 8.06. The van der Waals surface area contributed by atoms with E-state index in [1.54, 1.807) is 10.9 Å². The van der Waals surface area contributed by atoms with Crippen molar-refractivity contribution in [1.29, 1.82) is 0 Å². The monoisotopic (exact) mass is 254 g/mol. The first-order chi connectivity index (χ1) is 9.31. The molecular weight excluding hydrogens is 240 g/mol. The van der Waals surface area contributed by atoms with Gasteiger partial charge in [-0.25, -0.2) is 4.68 Å². The minimum atomic E-state index is 0.796. The van der Waals surface area contributed by atoms with Crippen LogP contribution in [0.3, 0.4) is 0 Å². The van der Waals surface area contributed by atoms with E-state index in [4.69, 9.17) is 0 Å². The van der Waals surface area contributed by atoms with E-state index in [0.29, 0.717) is 0 Å². The van der Waals surface area contributed by atoms with Crippen molar-refractivity contribution in [3.05, 3.63) is 30.5 Å². The number of hydrogen-bond acceptors (Lipinski definition) is 5. The summed E-state index contributed by atoms with van der Waals surface area (Å²) in [5.74, 6) is 0.803. The second kappa shape index (κ2) is 4.64. The average Bonchev–Trinajstić information content (AvgIpc) is 2.86. The summed E-state index contributed by atoms with van der Waals surface area (Å²) in [7, 11) is 1.84. The first kappa shape index (κ1) is 11.6. The van der Waals surface area contributed by atoms with Crippen LogP contribution < -0.4 is 5.32 Å². The largest absolute Gasteiger partial charge is 0.368 e. The van der Waals surface area contributed by atoms with Crippen molar-refractivity contribution in [2.75, 3.05) is 11.9 Å². The van der Waals surface area contributed by atoms with Crippen LogP contribution in [-0.4, -0.2) is 31.7 Å². The SMILES string of the molecule is CCNc1nnc(-c2cnnn2C)c2ccccc12. The summed E-state index contributed by atoms with van der Waals surface area (Å²) in [6.45, 7) is 2.85. The Morgan fingerprint density at radius 3 is 2.63 bits per heavy atom. The Morgan fingerprint density at radius 1 is 1.16 bits per heavy atom. The van der Waals surface area contributed by atoms with Crippen molar-refractivity contribution in [1.82, 2.24) is 25.2 Å². The van der Waals surface area contributed by atoms with Gasteiger partial charge in [0.15, 0.2) is 5.82 Å². The molecular formula is C13H14N6. The number of nitrogens with one attached hydrogen (secondary N) is 1. The molecule has 0 aliphatic rings. The highest BCUT2D eigenvalue weighted by atomic mass is 15.4. The molecule has 19 heavy (non-hydrogen) atoms. The molecule has 2 aromatic heterocycles. The summed E-state index contributed by atoms with van der Waals surface area (Å²) < 4.78 is 1.70. The lowest BCUT2D eigenvalue weighted by Gasteiger charge is -2.09. The van der Waals surface area contributed by atoms with E-state index < -0.39 is 0 Å².